The molecule has 10 heteroatoms. The average molecular weight is 390 g/mol. The first kappa shape index (κ1) is 20.5. The van der Waals surface area contributed by atoms with Crippen molar-refractivity contribution in [2.24, 2.45) is 0 Å². The Morgan fingerprint density at radius 1 is 1.32 bits per heavy atom. The van der Waals surface area contributed by atoms with Gasteiger partial charge in [-0.25, -0.2) is 0 Å². The summed E-state index contributed by atoms with van der Waals surface area (Å²) in [5.41, 5.74) is 0. The van der Waals surface area contributed by atoms with E-state index in [0.29, 0.717) is 25.9 Å². The molecule has 9 nitrogen and oxygen atoms in total. The Labute approximate surface area is 164 Å². The van der Waals surface area contributed by atoms with Gasteiger partial charge in [-0.3, -0.25) is 24.1 Å². The zero-order chi connectivity index (χ0) is 20.3. The van der Waals surface area contributed by atoms with Crippen LogP contribution in [0.4, 0.5) is 0 Å². The van der Waals surface area contributed by atoms with E-state index >= 15 is 0 Å². The van der Waals surface area contributed by atoms with Crippen molar-refractivity contribution >= 4 is 30.5 Å². The van der Waals surface area contributed by atoms with Gasteiger partial charge in [0.15, 0.2) is 0 Å². The lowest BCUT2D eigenvalue weighted by atomic mass is 9.62. The molecule has 0 aromatic carbocycles. The van der Waals surface area contributed by atoms with Gasteiger partial charge in [0.2, 0.25) is 11.8 Å². The first-order chi connectivity index (χ1) is 13.4. The Morgan fingerprint density at radius 3 is 2.71 bits per heavy atom. The molecule has 0 saturated carbocycles. The Kier molecular flexibility index (Phi) is 6.51. The third-order valence-electron chi connectivity index (χ3n) is 5.62. The van der Waals surface area contributed by atoms with Crippen LogP contribution in [0.2, 0.25) is 6.82 Å². The maximum Gasteiger partial charge on any atom is 0.309 e. The number of amides is 4. The minimum absolute atomic E-state index is 0.0151. The van der Waals surface area contributed by atoms with Crippen molar-refractivity contribution in [3.8, 4) is 0 Å². The Morgan fingerprint density at radius 2 is 2.04 bits per heavy atom. The molecule has 2 saturated heterocycles. The molecule has 3 atom stereocenters. The third-order valence-corrected chi connectivity index (χ3v) is 5.62. The van der Waals surface area contributed by atoms with Gasteiger partial charge in [0, 0.05) is 50.2 Å². The lowest BCUT2D eigenvalue weighted by Crippen LogP contribution is -2.50. The second-order valence-electron chi connectivity index (χ2n) is 7.71. The lowest BCUT2D eigenvalue weighted by Gasteiger charge is -2.28. The van der Waals surface area contributed by atoms with Crippen LogP contribution in [0.15, 0.2) is 12.2 Å². The van der Waals surface area contributed by atoms with Crippen LogP contribution in [0.1, 0.15) is 32.1 Å². The summed E-state index contributed by atoms with van der Waals surface area (Å²) in [6, 6.07) is -0.485. The highest BCUT2D eigenvalue weighted by molar-refractivity contribution is 6.51. The number of nitrogens with one attached hydrogen (secondary N) is 2. The summed E-state index contributed by atoms with van der Waals surface area (Å²) in [6.45, 7) is 2.56. The summed E-state index contributed by atoms with van der Waals surface area (Å²) in [5, 5.41) is 15.9. The van der Waals surface area contributed by atoms with Gasteiger partial charge in [0.05, 0.1) is 6.04 Å². The van der Waals surface area contributed by atoms with Gasteiger partial charge in [-0.2, -0.15) is 0 Å². The summed E-state index contributed by atoms with van der Waals surface area (Å²) < 4.78 is 0. The number of imide groups is 1. The molecule has 3 aliphatic rings. The molecule has 0 radical (unpaired) electrons. The fourth-order valence-corrected chi connectivity index (χ4v) is 4.15. The second kappa shape index (κ2) is 8.87. The number of hydrogen-bond acceptors (Lipinski definition) is 6. The van der Waals surface area contributed by atoms with Gasteiger partial charge in [-0.05, 0) is 25.7 Å². The predicted molar refractivity (Wildman–Crippen MR) is 102 cm³/mol. The molecule has 0 spiro atoms. The first-order valence-electron chi connectivity index (χ1n) is 9.91. The molecular formula is C18H27BN4O5. The highest BCUT2D eigenvalue weighted by atomic mass is 16.2. The molecule has 0 aromatic rings. The van der Waals surface area contributed by atoms with Gasteiger partial charge >= 0.3 is 6.92 Å². The Hall–Kier alpha value is -2.20. The van der Waals surface area contributed by atoms with Crippen LogP contribution < -0.4 is 10.6 Å². The van der Waals surface area contributed by atoms with E-state index in [4.69, 9.17) is 0 Å². The summed E-state index contributed by atoms with van der Waals surface area (Å²) in [5.74, 6) is -0.990. The van der Waals surface area contributed by atoms with Gasteiger partial charge in [-0.1, -0.05) is 6.82 Å². The maximum atomic E-state index is 12.7. The van der Waals surface area contributed by atoms with Crippen molar-refractivity contribution in [1.29, 1.82) is 0 Å². The van der Waals surface area contributed by atoms with E-state index in [1.54, 1.807) is 11.7 Å². The van der Waals surface area contributed by atoms with Crippen molar-refractivity contribution in [1.82, 2.24) is 20.4 Å². The minimum atomic E-state index is -0.548. The van der Waals surface area contributed by atoms with Crippen LogP contribution in [0, 0.1) is 0 Å². The molecule has 0 unspecified atom stereocenters. The fourth-order valence-electron chi connectivity index (χ4n) is 4.15. The summed E-state index contributed by atoms with van der Waals surface area (Å²) >= 11 is 0. The van der Waals surface area contributed by atoms with Gasteiger partial charge in [0.25, 0.3) is 11.8 Å². The van der Waals surface area contributed by atoms with Gasteiger partial charge in [0.1, 0.15) is 0 Å². The molecule has 2 fully saturated rings. The molecule has 28 heavy (non-hydrogen) atoms. The van der Waals surface area contributed by atoms with E-state index in [9.17, 15) is 24.2 Å². The standard InChI is InChI=1S/C18H27BN4O5/c1-19(28)14-4-2-8-22(14)18(27)13-10-12(11-20-13)21-15(24)5-3-9-23-16(25)6-7-17(23)26/h6-7,12-14,20,28H,2-5,8-11H2,1H3,(H,21,24)/t12-,13+,14+/m1/s1. The van der Waals surface area contributed by atoms with Crippen LogP contribution in [0.25, 0.3) is 0 Å². The number of likely N-dealkylation sites (tertiary alicyclic amines) is 1. The molecule has 152 valence electrons. The van der Waals surface area contributed by atoms with Crippen LogP contribution in [0.5, 0.6) is 0 Å². The molecular weight excluding hydrogens is 363 g/mol. The monoisotopic (exact) mass is 390 g/mol. The van der Waals surface area contributed by atoms with E-state index in [1.807, 2.05) is 0 Å². The molecule has 3 N–H and O–H groups in total. The number of carbonyl (C=O) groups is 4. The number of carbonyl (C=O) groups excluding carboxylic acids is 4. The van der Waals surface area contributed by atoms with Gasteiger partial charge in [-0.15, -0.1) is 0 Å². The minimum Gasteiger partial charge on any atom is -0.449 e. The first-order valence-corrected chi connectivity index (χ1v) is 9.91. The largest absolute Gasteiger partial charge is 0.449 e. The number of rotatable bonds is 7. The molecule has 0 bridgehead atoms. The van der Waals surface area contributed by atoms with Gasteiger partial charge < -0.3 is 20.6 Å². The van der Waals surface area contributed by atoms with Crippen molar-refractivity contribution in [2.45, 2.75) is 57.0 Å². The Balaban J connectivity index is 1.39. The quantitative estimate of drug-likeness (QED) is 0.367. The van der Waals surface area contributed by atoms with Crippen molar-refractivity contribution < 1.29 is 24.2 Å². The summed E-state index contributed by atoms with van der Waals surface area (Å²) in [7, 11) is 0. The second-order valence-corrected chi connectivity index (χ2v) is 7.71. The van der Waals surface area contributed by atoms with E-state index in [1.165, 1.54) is 12.2 Å². The van der Waals surface area contributed by atoms with E-state index < -0.39 is 6.92 Å². The average Bonchev–Trinajstić information content (AvgIpc) is 3.37. The van der Waals surface area contributed by atoms with E-state index in [2.05, 4.69) is 10.6 Å². The molecule has 4 amide bonds. The summed E-state index contributed by atoms with van der Waals surface area (Å²) in [6.07, 6.45) is 5.29. The highest BCUT2D eigenvalue weighted by Gasteiger charge is 2.39. The molecule has 3 rings (SSSR count). The summed E-state index contributed by atoms with van der Waals surface area (Å²) in [4.78, 5) is 50.7. The van der Waals surface area contributed by atoms with Crippen molar-refractivity contribution in [3.05, 3.63) is 12.2 Å². The third kappa shape index (κ3) is 4.61. The van der Waals surface area contributed by atoms with Crippen LogP contribution in [-0.4, -0.2) is 83.0 Å². The normalized spacial score (nSPS) is 27.0. The fraction of sp³-hybridized carbons (Fsp3) is 0.667. The maximum absolute atomic E-state index is 12.7. The molecule has 0 aliphatic carbocycles. The zero-order valence-electron chi connectivity index (χ0n) is 16.1. The Bertz CT molecular complexity index is 665. The highest BCUT2D eigenvalue weighted by Crippen LogP contribution is 2.22. The smallest absolute Gasteiger partial charge is 0.309 e. The molecule has 0 aromatic heterocycles. The van der Waals surface area contributed by atoms with E-state index in [-0.39, 0.29) is 54.6 Å². The van der Waals surface area contributed by atoms with Crippen LogP contribution in [0.3, 0.4) is 0 Å². The van der Waals surface area contributed by atoms with E-state index in [0.717, 1.165) is 17.7 Å². The zero-order valence-corrected chi connectivity index (χ0v) is 16.1. The van der Waals surface area contributed by atoms with Crippen LogP contribution in [-0.2, 0) is 19.2 Å². The lowest BCUT2D eigenvalue weighted by molar-refractivity contribution is -0.137. The predicted octanol–water partition coefficient (Wildman–Crippen LogP) is -1.32. The molecule has 3 aliphatic heterocycles. The topological polar surface area (TPSA) is 119 Å². The SMILES string of the molecule is CB(O)[C@@H]1CCCN1C(=O)[C@@H]1C[C@@H](NC(=O)CCCN2C(=O)C=CC2=O)CN1. The number of nitrogens with zero attached hydrogens (tertiary/aromatic N) is 2. The van der Waals surface area contributed by atoms with Crippen molar-refractivity contribution in [2.75, 3.05) is 19.6 Å². The number of hydrogen-bond donors (Lipinski definition) is 3. The van der Waals surface area contributed by atoms with Crippen molar-refractivity contribution in [3.63, 3.8) is 0 Å². The van der Waals surface area contributed by atoms with Crippen LogP contribution >= 0.6 is 0 Å². The molecule has 3 heterocycles.